The first-order chi connectivity index (χ1) is 10.9. The molecule has 2 N–H and O–H groups in total. The fraction of sp³-hybridized carbons (Fsp3) is 0.438. The third-order valence-electron chi connectivity index (χ3n) is 4.05. The number of hydrogen-bond donors (Lipinski definition) is 1. The molecule has 0 unspecified atom stereocenters. The first-order valence-corrected chi connectivity index (χ1v) is 8.40. The maximum absolute atomic E-state index is 12.6. The molecule has 0 aliphatic carbocycles. The summed E-state index contributed by atoms with van der Waals surface area (Å²) in [7, 11) is 0. The second-order valence-corrected chi connectivity index (χ2v) is 6.76. The number of aromatic nitrogens is 1. The molecule has 1 aliphatic rings. The number of thiazole rings is 1. The smallest absolute Gasteiger partial charge is 0.328 e. The standard InChI is InChI=1S/C16H18F3N3S/c17-16(18,19)12-3-1-11(2-4-12)14-10-23-15(21-14)9-22-7-5-13(20)6-8-22/h1-4,10,13H,5-9,20H2. The fourth-order valence-corrected chi connectivity index (χ4v) is 3.49. The van der Waals surface area contributed by atoms with Gasteiger partial charge in [0, 0.05) is 30.1 Å². The number of benzene rings is 1. The van der Waals surface area contributed by atoms with E-state index in [-0.39, 0.29) is 0 Å². The highest BCUT2D eigenvalue weighted by Crippen LogP contribution is 2.31. The van der Waals surface area contributed by atoms with E-state index in [1.54, 1.807) is 11.3 Å². The van der Waals surface area contributed by atoms with Crippen LogP contribution in [0.1, 0.15) is 23.4 Å². The summed E-state index contributed by atoms with van der Waals surface area (Å²) in [6, 6.07) is 5.44. The van der Waals surface area contributed by atoms with Crippen molar-refractivity contribution < 1.29 is 13.2 Å². The SMILES string of the molecule is NC1CCN(Cc2nc(-c3ccc(C(F)(F)F)cc3)cs2)CC1. The van der Waals surface area contributed by atoms with E-state index >= 15 is 0 Å². The monoisotopic (exact) mass is 341 g/mol. The van der Waals surface area contributed by atoms with Gasteiger partial charge in [-0.1, -0.05) is 12.1 Å². The van der Waals surface area contributed by atoms with Crippen LogP contribution in [0.5, 0.6) is 0 Å². The van der Waals surface area contributed by atoms with Gasteiger partial charge in [0.05, 0.1) is 17.8 Å². The topological polar surface area (TPSA) is 42.1 Å². The molecule has 1 saturated heterocycles. The van der Waals surface area contributed by atoms with Crippen molar-refractivity contribution in [3.05, 3.63) is 40.2 Å². The Bertz CT molecular complexity index is 643. The van der Waals surface area contributed by atoms with E-state index in [0.29, 0.717) is 11.6 Å². The quantitative estimate of drug-likeness (QED) is 0.924. The highest BCUT2D eigenvalue weighted by Gasteiger charge is 2.30. The molecule has 3 rings (SSSR count). The van der Waals surface area contributed by atoms with E-state index in [1.807, 2.05) is 5.38 Å². The molecular formula is C16H18F3N3S. The van der Waals surface area contributed by atoms with Crippen LogP contribution in [0, 0.1) is 0 Å². The largest absolute Gasteiger partial charge is 0.416 e. The summed E-state index contributed by atoms with van der Waals surface area (Å²) in [4.78, 5) is 6.87. The number of alkyl halides is 3. The molecule has 1 aromatic heterocycles. The van der Waals surface area contributed by atoms with Crippen LogP contribution in [-0.4, -0.2) is 29.0 Å². The molecule has 0 atom stereocenters. The van der Waals surface area contributed by atoms with Crippen molar-refractivity contribution >= 4 is 11.3 Å². The van der Waals surface area contributed by atoms with Crippen molar-refractivity contribution in [2.24, 2.45) is 5.73 Å². The zero-order chi connectivity index (χ0) is 16.4. The van der Waals surface area contributed by atoms with Gasteiger partial charge in [0.25, 0.3) is 0 Å². The van der Waals surface area contributed by atoms with Crippen LogP contribution >= 0.6 is 11.3 Å². The molecule has 1 fully saturated rings. The van der Waals surface area contributed by atoms with Crippen LogP contribution in [0.3, 0.4) is 0 Å². The Morgan fingerprint density at radius 1 is 1.17 bits per heavy atom. The number of nitrogens with zero attached hydrogens (tertiary/aromatic N) is 2. The minimum Gasteiger partial charge on any atom is -0.328 e. The van der Waals surface area contributed by atoms with Gasteiger partial charge in [0.2, 0.25) is 0 Å². The van der Waals surface area contributed by atoms with Crippen molar-refractivity contribution in [2.45, 2.75) is 31.6 Å². The molecular weight excluding hydrogens is 323 g/mol. The third-order valence-corrected chi connectivity index (χ3v) is 4.88. The molecule has 2 aromatic rings. The van der Waals surface area contributed by atoms with Gasteiger partial charge in [0.1, 0.15) is 5.01 Å². The second-order valence-electron chi connectivity index (χ2n) is 5.82. The van der Waals surface area contributed by atoms with E-state index in [4.69, 9.17) is 5.73 Å². The van der Waals surface area contributed by atoms with Crippen LogP contribution < -0.4 is 5.73 Å². The first-order valence-electron chi connectivity index (χ1n) is 7.52. The molecule has 0 amide bonds. The van der Waals surface area contributed by atoms with Gasteiger partial charge < -0.3 is 5.73 Å². The van der Waals surface area contributed by atoms with E-state index in [1.165, 1.54) is 12.1 Å². The van der Waals surface area contributed by atoms with Crippen LogP contribution in [-0.2, 0) is 12.7 Å². The Kier molecular flexibility index (Phi) is 4.70. The molecule has 1 aromatic carbocycles. The Morgan fingerprint density at radius 3 is 2.43 bits per heavy atom. The van der Waals surface area contributed by atoms with Crippen molar-refractivity contribution in [1.29, 1.82) is 0 Å². The lowest BCUT2D eigenvalue weighted by atomic mass is 10.1. The third kappa shape index (κ3) is 4.10. The van der Waals surface area contributed by atoms with E-state index in [2.05, 4.69) is 9.88 Å². The Morgan fingerprint density at radius 2 is 1.83 bits per heavy atom. The minimum absolute atomic E-state index is 0.297. The Labute approximate surface area is 136 Å². The summed E-state index contributed by atoms with van der Waals surface area (Å²) in [5.41, 5.74) is 6.69. The van der Waals surface area contributed by atoms with Crippen molar-refractivity contribution in [3.8, 4) is 11.3 Å². The van der Waals surface area contributed by atoms with Crippen LogP contribution in [0.4, 0.5) is 13.2 Å². The molecule has 3 nitrogen and oxygen atoms in total. The molecule has 0 radical (unpaired) electrons. The Balaban J connectivity index is 1.67. The highest BCUT2D eigenvalue weighted by molar-refractivity contribution is 7.09. The van der Waals surface area contributed by atoms with E-state index in [0.717, 1.165) is 55.3 Å². The normalized spacial score (nSPS) is 17.6. The van der Waals surface area contributed by atoms with Crippen molar-refractivity contribution in [1.82, 2.24) is 9.88 Å². The summed E-state index contributed by atoms with van der Waals surface area (Å²) in [5, 5.41) is 2.88. The number of nitrogens with two attached hydrogens (primary N) is 1. The average molecular weight is 341 g/mol. The zero-order valence-corrected chi connectivity index (χ0v) is 13.3. The molecule has 0 bridgehead atoms. The molecule has 0 spiro atoms. The first kappa shape index (κ1) is 16.4. The predicted octanol–water partition coefficient (Wildman–Crippen LogP) is 3.75. The lowest BCUT2D eigenvalue weighted by molar-refractivity contribution is -0.137. The minimum atomic E-state index is -4.30. The molecule has 124 valence electrons. The lowest BCUT2D eigenvalue weighted by Gasteiger charge is -2.29. The van der Waals surface area contributed by atoms with Gasteiger partial charge >= 0.3 is 6.18 Å². The van der Waals surface area contributed by atoms with Gasteiger partial charge in [-0.3, -0.25) is 4.90 Å². The summed E-state index contributed by atoms with van der Waals surface area (Å²) < 4.78 is 37.8. The van der Waals surface area contributed by atoms with Gasteiger partial charge in [-0.2, -0.15) is 13.2 Å². The van der Waals surface area contributed by atoms with Crippen LogP contribution in [0.2, 0.25) is 0 Å². The molecule has 23 heavy (non-hydrogen) atoms. The summed E-state index contributed by atoms with van der Waals surface area (Å²) in [6.45, 7) is 2.71. The summed E-state index contributed by atoms with van der Waals surface area (Å²) in [5.74, 6) is 0. The second kappa shape index (κ2) is 6.59. The number of hydrogen-bond acceptors (Lipinski definition) is 4. The molecule has 7 heteroatoms. The predicted molar refractivity (Wildman–Crippen MR) is 85.0 cm³/mol. The van der Waals surface area contributed by atoms with Gasteiger partial charge in [-0.05, 0) is 25.0 Å². The highest BCUT2D eigenvalue weighted by atomic mass is 32.1. The maximum Gasteiger partial charge on any atom is 0.416 e. The molecule has 0 saturated carbocycles. The molecule has 2 heterocycles. The van der Waals surface area contributed by atoms with Gasteiger partial charge in [-0.25, -0.2) is 4.98 Å². The molecule has 1 aliphatic heterocycles. The fourth-order valence-electron chi connectivity index (χ4n) is 2.65. The van der Waals surface area contributed by atoms with Crippen molar-refractivity contribution in [2.75, 3.05) is 13.1 Å². The van der Waals surface area contributed by atoms with Gasteiger partial charge in [0.15, 0.2) is 0 Å². The number of likely N-dealkylation sites (tertiary alicyclic amines) is 1. The number of halogens is 3. The average Bonchev–Trinajstić information content (AvgIpc) is 2.97. The lowest BCUT2D eigenvalue weighted by Crippen LogP contribution is -2.39. The Hall–Kier alpha value is -1.44. The van der Waals surface area contributed by atoms with Crippen LogP contribution in [0.15, 0.2) is 29.6 Å². The number of rotatable bonds is 3. The van der Waals surface area contributed by atoms with E-state index in [9.17, 15) is 13.2 Å². The van der Waals surface area contributed by atoms with E-state index < -0.39 is 11.7 Å². The summed E-state index contributed by atoms with van der Waals surface area (Å²) >= 11 is 1.54. The van der Waals surface area contributed by atoms with Crippen molar-refractivity contribution in [3.63, 3.8) is 0 Å². The maximum atomic E-state index is 12.6. The zero-order valence-electron chi connectivity index (χ0n) is 12.5. The summed E-state index contributed by atoms with van der Waals surface area (Å²) in [6.07, 6.45) is -2.31. The van der Waals surface area contributed by atoms with Crippen LogP contribution in [0.25, 0.3) is 11.3 Å². The van der Waals surface area contributed by atoms with Gasteiger partial charge in [-0.15, -0.1) is 11.3 Å². The number of piperidine rings is 1.